The molecular formula is C32H41N3O6. The molecule has 0 spiro atoms. The van der Waals surface area contributed by atoms with E-state index in [2.05, 4.69) is 10.2 Å². The quantitative estimate of drug-likeness (QED) is 0.391. The summed E-state index contributed by atoms with van der Waals surface area (Å²) in [6.45, 7) is 10.6. The van der Waals surface area contributed by atoms with E-state index >= 15 is 0 Å². The molecular weight excluding hydrogens is 522 g/mol. The Morgan fingerprint density at radius 1 is 1.07 bits per heavy atom. The normalized spacial score (nSPS) is 20.0. The monoisotopic (exact) mass is 563 g/mol. The lowest BCUT2D eigenvalue weighted by molar-refractivity contribution is -0.0168. The summed E-state index contributed by atoms with van der Waals surface area (Å²) in [6.07, 6.45) is 3.31. The molecule has 2 aromatic carbocycles. The molecule has 220 valence electrons. The van der Waals surface area contributed by atoms with Crippen LogP contribution in [0.2, 0.25) is 0 Å². The molecule has 41 heavy (non-hydrogen) atoms. The molecule has 3 heterocycles. The number of aryl methyl sites for hydroxylation is 1. The zero-order valence-electron chi connectivity index (χ0n) is 24.9. The SMILES string of the molecule is COC(=O)c1ccc([C@@H]2C[C@@H](NC3COC3)CCN2Cc2c(OC)cc(C)c3c2ccn3C(=O)OC(C)(C)C)cc1. The van der Waals surface area contributed by atoms with Crippen LogP contribution in [0.15, 0.2) is 42.6 Å². The second-order valence-electron chi connectivity index (χ2n) is 12.0. The highest BCUT2D eigenvalue weighted by Gasteiger charge is 2.33. The van der Waals surface area contributed by atoms with Crippen LogP contribution in [-0.4, -0.2) is 73.2 Å². The summed E-state index contributed by atoms with van der Waals surface area (Å²) in [6, 6.07) is 12.6. The molecule has 2 atom stereocenters. The predicted octanol–water partition coefficient (Wildman–Crippen LogP) is 5.22. The third-order valence-corrected chi connectivity index (χ3v) is 7.94. The minimum Gasteiger partial charge on any atom is -0.496 e. The van der Waals surface area contributed by atoms with Crippen molar-refractivity contribution in [2.75, 3.05) is 34.0 Å². The summed E-state index contributed by atoms with van der Waals surface area (Å²) in [5, 5.41) is 4.74. The zero-order valence-corrected chi connectivity index (χ0v) is 24.9. The van der Waals surface area contributed by atoms with E-state index in [1.807, 2.05) is 64.1 Å². The van der Waals surface area contributed by atoms with E-state index in [0.717, 1.165) is 65.9 Å². The number of piperidine rings is 1. The van der Waals surface area contributed by atoms with Crippen molar-refractivity contribution < 1.29 is 28.5 Å². The number of nitrogens with zero attached hydrogens (tertiary/aromatic N) is 2. The summed E-state index contributed by atoms with van der Waals surface area (Å²) in [4.78, 5) is 27.6. The Morgan fingerprint density at radius 3 is 2.41 bits per heavy atom. The number of hydrogen-bond donors (Lipinski definition) is 1. The first-order valence-electron chi connectivity index (χ1n) is 14.2. The van der Waals surface area contributed by atoms with Crippen molar-refractivity contribution >= 4 is 23.0 Å². The van der Waals surface area contributed by atoms with Crippen LogP contribution in [-0.2, 0) is 20.8 Å². The van der Waals surface area contributed by atoms with Crippen LogP contribution in [0.25, 0.3) is 10.9 Å². The molecule has 5 rings (SSSR count). The van der Waals surface area contributed by atoms with Crippen LogP contribution in [0.4, 0.5) is 4.79 Å². The van der Waals surface area contributed by atoms with Gasteiger partial charge in [-0.2, -0.15) is 0 Å². The first-order valence-corrected chi connectivity index (χ1v) is 14.2. The van der Waals surface area contributed by atoms with Crippen LogP contribution in [0.3, 0.4) is 0 Å². The van der Waals surface area contributed by atoms with E-state index < -0.39 is 11.7 Å². The third-order valence-electron chi connectivity index (χ3n) is 7.94. The number of carbonyl (C=O) groups excluding carboxylic acids is 2. The van der Waals surface area contributed by atoms with Crippen molar-refractivity contribution in [3.63, 3.8) is 0 Å². The first kappa shape index (κ1) is 29.1. The molecule has 3 aromatic rings. The minimum absolute atomic E-state index is 0.114. The Bertz CT molecular complexity index is 1400. The van der Waals surface area contributed by atoms with E-state index in [1.54, 1.807) is 17.9 Å². The molecule has 2 fully saturated rings. The molecule has 0 amide bonds. The van der Waals surface area contributed by atoms with Gasteiger partial charge in [-0.15, -0.1) is 0 Å². The Labute approximate surface area is 241 Å². The number of likely N-dealkylation sites (tertiary alicyclic amines) is 1. The van der Waals surface area contributed by atoms with Gasteiger partial charge in [0.15, 0.2) is 0 Å². The fraction of sp³-hybridized carbons (Fsp3) is 0.500. The molecule has 0 aliphatic carbocycles. The summed E-state index contributed by atoms with van der Waals surface area (Å²) < 4.78 is 23.5. The highest BCUT2D eigenvalue weighted by Crippen LogP contribution is 2.38. The molecule has 0 bridgehead atoms. The average molecular weight is 564 g/mol. The molecule has 9 nitrogen and oxygen atoms in total. The van der Waals surface area contributed by atoms with Gasteiger partial charge in [0.2, 0.25) is 0 Å². The van der Waals surface area contributed by atoms with Crippen molar-refractivity contribution in [3.05, 3.63) is 64.8 Å². The van der Waals surface area contributed by atoms with Crippen molar-refractivity contribution in [2.24, 2.45) is 0 Å². The van der Waals surface area contributed by atoms with Crippen LogP contribution in [0, 0.1) is 6.92 Å². The van der Waals surface area contributed by atoms with Crippen molar-refractivity contribution in [1.29, 1.82) is 0 Å². The van der Waals surface area contributed by atoms with Gasteiger partial charge >= 0.3 is 12.1 Å². The van der Waals surface area contributed by atoms with E-state index in [1.165, 1.54) is 7.11 Å². The van der Waals surface area contributed by atoms with E-state index in [0.29, 0.717) is 24.2 Å². The summed E-state index contributed by atoms with van der Waals surface area (Å²) >= 11 is 0. The topological polar surface area (TPSA) is 91.3 Å². The van der Waals surface area contributed by atoms with Crippen LogP contribution in [0.5, 0.6) is 5.75 Å². The number of aromatic nitrogens is 1. The lowest BCUT2D eigenvalue weighted by Crippen LogP contribution is -2.53. The Balaban J connectivity index is 1.49. The van der Waals surface area contributed by atoms with Gasteiger partial charge in [0, 0.05) is 42.3 Å². The number of nitrogens with one attached hydrogen (secondary N) is 1. The second-order valence-corrected chi connectivity index (χ2v) is 12.0. The fourth-order valence-corrected chi connectivity index (χ4v) is 5.90. The number of carbonyl (C=O) groups is 2. The maximum atomic E-state index is 13.1. The molecule has 1 N–H and O–H groups in total. The smallest absolute Gasteiger partial charge is 0.419 e. The number of fused-ring (bicyclic) bond motifs is 1. The van der Waals surface area contributed by atoms with Gasteiger partial charge in [0.05, 0.1) is 44.6 Å². The van der Waals surface area contributed by atoms with E-state index in [-0.39, 0.29) is 12.0 Å². The van der Waals surface area contributed by atoms with Gasteiger partial charge in [0.1, 0.15) is 11.4 Å². The Morgan fingerprint density at radius 2 is 1.80 bits per heavy atom. The summed E-state index contributed by atoms with van der Waals surface area (Å²) in [5.41, 5.74) is 3.88. The number of esters is 1. The molecule has 0 saturated carbocycles. The summed E-state index contributed by atoms with van der Waals surface area (Å²) in [7, 11) is 3.08. The van der Waals surface area contributed by atoms with Crippen molar-refractivity contribution in [1.82, 2.24) is 14.8 Å². The lowest BCUT2D eigenvalue weighted by atomic mass is 9.89. The van der Waals surface area contributed by atoms with Crippen molar-refractivity contribution in [3.8, 4) is 5.75 Å². The molecule has 0 unspecified atom stereocenters. The lowest BCUT2D eigenvalue weighted by Gasteiger charge is -2.42. The van der Waals surface area contributed by atoms with Gasteiger partial charge in [-0.25, -0.2) is 9.59 Å². The van der Waals surface area contributed by atoms with Gasteiger partial charge in [-0.3, -0.25) is 9.47 Å². The molecule has 2 saturated heterocycles. The summed E-state index contributed by atoms with van der Waals surface area (Å²) in [5.74, 6) is 0.450. The van der Waals surface area contributed by atoms with Crippen molar-refractivity contribution in [2.45, 2.75) is 70.8 Å². The van der Waals surface area contributed by atoms with Crippen LogP contribution < -0.4 is 10.1 Å². The zero-order chi connectivity index (χ0) is 29.3. The Kier molecular flexibility index (Phi) is 8.40. The minimum atomic E-state index is -0.600. The maximum absolute atomic E-state index is 13.1. The van der Waals surface area contributed by atoms with Gasteiger partial charge < -0.3 is 24.3 Å². The number of ether oxygens (including phenoxy) is 4. The number of rotatable bonds is 7. The van der Waals surface area contributed by atoms with Crippen LogP contribution >= 0.6 is 0 Å². The molecule has 9 heteroatoms. The first-order chi connectivity index (χ1) is 19.6. The largest absolute Gasteiger partial charge is 0.496 e. The van der Waals surface area contributed by atoms with Crippen LogP contribution in [0.1, 0.15) is 66.7 Å². The average Bonchev–Trinajstić information content (AvgIpc) is 3.38. The second kappa shape index (κ2) is 11.8. The Hall–Kier alpha value is -3.40. The molecule has 1 aromatic heterocycles. The van der Waals surface area contributed by atoms with Gasteiger partial charge in [-0.05, 0) is 75.9 Å². The van der Waals surface area contributed by atoms with E-state index in [4.69, 9.17) is 18.9 Å². The molecule has 0 radical (unpaired) electrons. The number of methoxy groups -OCH3 is 2. The third kappa shape index (κ3) is 6.27. The standard InChI is InChI=1S/C32H41N3O6/c1-20-15-28(38-5)26(25-12-14-35(29(20)25)31(37)41-32(2,3)4)17-34-13-11-23(33-24-18-40-19-24)16-27(34)21-7-9-22(10-8-21)30(36)39-6/h7-10,12,14-15,23-24,27,33H,11,13,16-19H2,1-6H3/t23-,27-/m0/s1. The van der Waals surface area contributed by atoms with E-state index in [9.17, 15) is 9.59 Å². The van der Waals surface area contributed by atoms with Gasteiger partial charge in [-0.1, -0.05) is 12.1 Å². The van der Waals surface area contributed by atoms with Gasteiger partial charge in [0.25, 0.3) is 0 Å². The fourth-order valence-electron chi connectivity index (χ4n) is 5.90. The predicted molar refractivity (Wildman–Crippen MR) is 157 cm³/mol. The number of benzene rings is 2. The maximum Gasteiger partial charge on any atom is 0.419 e. The molecule has 2 aliphatic heterocycles. The number of hydrogen-bond acceptors (Lipinski definition) is 8. The highest BCUT2D eigenvalue weighted by atomic mass is 16.6. The highest BCUT2D eigenvalue weighted by molar-refractivity contribution is 5.95. The molecule has 2 aliphatic rings.